The molecule has 4 nitrogen and oxygen atoms in total. The van der Waals surface area contributed by atoms with E-state index in [-0.39, 0.29) is 5.56 Å². The van der Waals surface area contributed by atoms with E-state index in [1.165, 1.54) is 6.07 Å². The molecule has 2 atom stereocenters. The normalized spacial score (nSPS) is 20.7. The number of fused-ring (bicyclic) bond motifs is 1. The fraction of sp³-hybridized carbons (Fsp3) is 0.211. The van der Waals surface area contributed by atoms with Gasteiger partial charge in [-0.05, 0) is 23.8 Å². The smallest absolute Gasteiger partial charge is 0.374 e. The molecule has 2 N–H and O–H groups in total. The summed E-state index contributed by atoms with van der Waals surface area (Å²) in [5.41, 5.74) is -1.02. The van der Waals surface area contributed by atoms with Crippen molar-refractivity contribution < 1.29 is 17.9 Å². The molecule has 0 bridgehead atoms. The standard InChI is InChI=1S/C19H15F3N2O2/c20-19(21,22)18(11-26-18)17(12-5-2-1-3-6-12)24-15-8-4-7-14-13(15)9-10-16(25)23-14/h1-10,17,24H,11H2,(H,23,25). The number of ether oxygens (including phenoxy) is 1. The number of hydrogen-bond acceptors (Lipinski definition) is 3. The van der Waals surface area contributed by atoms with Crippen LogP contribution < -0.4 is 10.9 Å². The molecule has 134 valence electrons. The third-order valence-electron chi connectivity index (χ3n) is 4.60. The highest BCUT2D eigenvalue weighted by molar-refractivity contribution is 5.91. The maximum atomic E-state index is 13.7. The van der Waals surface area contributed by atoms with Crippen molar-refractivity contribution in [2.45, 2.75) is 17.8 Å². The summed E-state index contributed by atoms with van der Waals surface area (Å²) in [7, 11) is 0. The van der Waals surface area contributed by atoms with Crippen LogP contribution in [0.5, 0.6) is 0 Å². The van der Waals surface area contributed by atoms with Crippen molar-refractivity contribution in [3.05, 3.63) is 76.6 Å². The predicted molar refractivity (Wildman–Crippen MR) is 92.1 cm³/mol. The first kappa shape index (κ1) is 16.7. The van der Waals surface area contributed by atoms with Crippen LogP contribution in [-0.2, 0) is 4.74 Å². The Labute approximate surface area is 146 Å². The lowest BCUT2D eigenvalue weighted by atomic mass is 9.92. The summed E-state index contributed by atoms with van der Waals surface area (Å²) in [6.45, 7) is -0.398. The molecule has 26 heavy (non-hydrogen) atoms. The lowest BCUT2D eigenvalue weighted by Crippen LogP contribution is -2.42. The van der Waals surface area contributed by atoms with E-state index in [1.54, 1.807) is 54.6 Å². The third kappa shape index (κ3) is 2.74. The molecule has 0 radical (unpaired) electrons. The molecule has 2 heterocycles. The molecule has 0 spiro atoms. The number of H-pyrrole nitrogens is 1. The number of rotatable bonds is 4. The monoisotopic (exact) mass is 360 g/mol. The highest BCUT2D eigenvalue weighted by atomic mass is 19.4. The van der Waals surface area contributed by atoms with Crippen molar-refractivity contribution in [3.8, 4) is 0 Å². The quantitative estimate of drug-likeness (QED) is 0.691. The molecule has 2 unspecified atom stereocenters. The van der Waals surface area contributed by atoms with Crippen molar-refractivity contribution >= 4 is 16.6 Å². The predicted octanol–water partition coefficient (Wildman–Crippen LogP) is 4.01. The molecular formula is C19H15F3N2O2. The Hall–Kier alpha value is -2.80. The zero-order chi connectivity index (χ0) is 18.4. The first-order valence-electron chi connectivity index (χ1n) is 8.05. The highest BCUT2D eigenvalue weighted by Crippen LogP contribution is 2.53. The van der Waals surface area contributed by atoms with Gasteiger partial charge in [0.05, 0.1) is 18.2 Å². The molecule has 1 aromatic heterocycles. The van der Waals surface area contributed by atoms with Gasteiger partial charge >= 0.3 is 6.18 Å². The van der Waals surface area contributed by atoms with Crippen LogP contribution in [0.1, 0.15) is 11.6 Å². The zero-order valence-corrected chi connectivity index (χ0v) is 13.5. The van der Waals surface area contributed by atoms with E-state index in [0.29, 0.717) is 22.2 Å². The molecule has 0 aliphatic carbocycles. The minimum atomic E-state index is -4.51. The summed E-state index contributed by atoms with van der Waals surface area (Å²) in [5.74, 6) is 0. The van der Waals surface area contributed by atoms with E-state index in [0.717, 1.165) is 0 Å². The maximum Gasteiger partial charge on any atom is 0.422 e. The fourth-order valence-corrected chi connectivity index (χ4v) is 3.15. The van der Waals surface area contributed by atoms with Crippen molar-refractivity contribution in [1.82, 2.24) is 4.98 Å². The van der Waals surface area contributed by atoms with Crippen LogP contribution in [0, 0.1) is 0 Å². The summed E-state index contributed by atoms with van der Waals surface area (Å²) in [4.78, 5) is 14.2. The van der Waals surface area contributed by atoms with Crippen molar-refractivity contribution in [1.29, 1.82) is 0 Å². The Morgan fingerprint density at radius 3 is 2.42 bits per heavy atom. The Kier molecular flexibility index (Phi) is 3.77. The van der Waals surface area contributed by atoms with Crippen LogP contribution in [0.3, 0.4) is 0 Å². The van der Waals surface area contributed by atoms with E-state index in [1.807, 2.05) is 0 Å². The summed E-state index contributed by atoms with van der Waals surface area (Å²) in [5, 5.41) is 3.63. The molecular weight excluding hydrogens is 345 g/mol. The van der Waals surface area contributed by atoms with E-state index in [4.69, 9.17) is 4.74 Å². The summed E-state index contributed by atoms with van der Waals surface area (Å²) >= 11 is 0. The van der Waals surface area contributed by atoms with Crippen molar-refractivity contribution in [3.63, 3.8) is 0 Å². The van der Waals surface area contributed by atoms with Crippen molar-refractivity contribution in [2.75, 3.05) is 11.9 Å². The molecule has 3 aromatic rings. The van der Waals surface area contributed by atoms with Gasteiger partial charge in [-0.15, -0.1) is 0 Å². The second-order valence-electron chi connectivity index (χ2n) is 6.25. The van der Waals surface area contributed by atoms with Crippen molar-refractivity contribution in [2.24, 2.45) is 0 Å². The van der Waals surface area contributed by atoms with Crippen LogP contribution in [0.25, 0.3) is 10.9 Å². The number of epoxide rings is 1. The number of aromatic nitrogens is 1. The number of hydrogen-bond donors (Lipinski definition) is 2. The number of anilines is 1. The number of pyridine rings is 1. The number of nitrogens with one attached hydrogen (secondary N) is 2. The Morgan fingerprint density at radius 2 is 1.77 bits per heavy atom. The van der Waals surface area contributed by atoms with Gasteiger partial charge < -0.3 is 15.0 Å². The molecule has 1 fully saturated rings. The van der Waals surface area contributed by atoms with E-state index >= 15 is 0 Å². The molecule has 2 aromatic carbocycles. The molecule has 7 heteroatoms. The molecule has 0 saturated carbocycles. The lowest BCUT2D eigenvalue weighted by Gasteiger charge is -2.29. The van der Waals surface area contributed by atoms with E-state index < -0.39 is 24.4 Å². The van der Waals surface area contributed by atoms with Crippen LogP contribution >= 0.6 is 0 Å². The number of benzene rings is 2. The van der Waals surface area contributed by atoms with Gasteiger partial charge in [0.15, 0.2) is 0 Å². The first-order valence-corrected chi connectivity index (χ1v) is 8.05. The average molecular weight is 360 g/mol. The second kappa shape index (κ2) is 5.88. The van der Waals surface area contributed by atoms with Gasteiger partial charge in [0.1, 0.15) is 0 Å². The number of aromatic amines is 1. The topological polar surface area (TPSA) is 57.4 Å². The summed E-state index contributed by atoms with van der Waals surface area (Å²) in [6.07, 6.45) is -4.51. The van der Waals surface area contributed by atoms with Crippen LogP contribution in [0.4, 0.5) is 18.9 Å². The molecule has 1 aliphatic rings. The van der Waals surface area contributed by atoms with Gasteiger partial charge in [0, 0.05) is 17.1 Å². The molecule has 4 rings (SSSR count). The van der Waals surface area contributed by atoms with Gasteiger partial charge in [0.2, 0.25) is 11.2 Å². The SMILES string of the molecule is O=c1ccc2c(NC(c3ccccc3)C3(C(F)(F)F)CO3)cccc2[nH]1. The van der Waals surface area contributed by atoms with Crippen LogP contribution in [0.2, 0.25) is 0 Å². The van der Waals surface area contributed by atoms with Crippen LogP contribution in [-0.4, -0.2) is 23.4 Å². The van der Waals surface area contributed by atoms with Gasteiger partial charge in [-0.1, -0.05) is 36.4 Å². The number of alkyl halides is 3. The summed E-state index contributed by atoms with van der Waals surface area (Å²) in [6, 6.07) is 15.3. The Morgan fingerprint density at radius 1 is 1.04 bits per heavy atom. The van der Waals surface area contributed by atoms with Gasteiger partial charge in [-0.3, -0.25) is 4.79 Å². The van der Waals surface area contributed by atoms with E-state index in [2.05, 4.69) is 10.3 Å². The fourth-order valence-electron chi connectivity index (χ4n) is 3.15. The van der Waals surface area contributed by atoms with E-state index in [9.17, 15) is 18.0 Å². The molecule has 0 amide bonds. The second-order valence-corrected chi connectivity index (χ2v) is 6.25. The first-order chi connectivity index (χ1) is 12.4. The van der Waals surface area contributed by atoms with Gasteiger partial charge in [-0.25, -0.2) is 0 Å². The largest absolute Gasteiger partial charge is 0.422 e. The number of halogens is 3. The highest BCUT2D eigenvalue weighted by Gasteiger charge is 2.70. The molecule has 1 aliphatic heterocycles. The van der Waals surface area contributed by atoms with Gasteiger partial charge in [0.25, 0.3) is 0 Å². The summed E-state index contributed by atoms with van der Waals surface area (Å²) < 4.78 is 46.0. The Balaban J connectivity index is 1.81. The zero-order valence-electron chi connectivity index (χ0n) is 13.5. The average Bonchev–Trinajstić information content (AvgIpc) is 3.42. The lowest BCUT2D eigenvalue weighted by molar-refractivity contribution is -0.188. The minimum absolute atomic E-state index is 0.272. The third-order valence-corrected chi connectivity index (χ3v) is 4.60. The van der Waals surface area contributed by atoms with Gasteiger partial charge in [-0.2, -0.15) is 13.2 Å². The minimum Gasteiger partial charge on any atom is -0.374 e. The molecule has 1 saturated heterocycles. The maximum absolute atomic E-state index is 13.7. The Bertz CT molecular complexity index is 995. The van der Waals surface area contributed by atoms with Crippen LogP contribution in [0.15, 0.2) is 65.5 Å².